The predicted molar refractivity (Wildman–Crippen MR) is 52.1 cm³/mol. The van der Waals surface area contributed by atoms with Gasteiger partial charge in [-0.2, -0.15) is 0 Å². The Balaban J connectivity index is 2.43. The van der Waals surface area contributed by atoms with Gasteiger partial charge in [0, 0.05) is 11.6 Å². The molecule has 0 N–H and O–H groups in total. The monoisotopic (exact) mass is 168 g/mol. The number of rotatable bonds is 1. The second-order valence-corrected chi connectivity index (χ2v) is 2.71. The third-order valence-corrected chi connectivity index (χ3v) is 1.85. The van der Waals surface area contributed by atoms with Crippen LogP contribution in [0, 0.1) is 12.3 Å². The van der Waals surface area contributed by atoms with Crippen molar-refractivity contribution < 1.29 is 4.42 Å². The highest BCUT2D eigenvalue weighted by atomic mass is 16.3. The summed E-state index contributed by atoms with van der Waals surface area (Å²) in [4.78, 5) is 0. The van der Waals surface area contributed by atoms with Crippen LogP contribution < -0.4 is 0 Å². The van der Waals surface area contributed by atoms with Crippen molar-refractivity contribution in [3.63, 3.8) is 0 Å². The van der Waals surface area contributed by atoms with Gasteiger partial charge < -0.3 is 4.42 Å². The maximum atomic E-state index is 5.20. The number of furan rings is 1. The van der Waals surface area contributed by atoms with E-state index >= 15 is 0 Å². The van der Waals surface area contributed by atoms with E-state index in [-0.39, 0.29) is 0 Å². The van der Waals surface area contributed by atoms with Gasteiger partial charge in [0.2, 0.25) is 0 Å². The van der Waals surface area contributed by atoms with Gasteiger partial charge in [-0.15, -0.1) is 6.42 Å². The molecule has 1 nitrogen and oxygen atoms in total. The molecular weight excluding hydrogens is 160 g/mol. The van der Waals surface area contributed by atoms with Crippen LogP contribution in [0.2, 0.25) is 0 Å². The SMILES string of the molecule is C#Cc1cc(-c2ccccc2)co1. The van der Waals surface area contributed by atoms with Crippen molar-refractivity contribution >= 4 is 0 Å². The topological polar surface area (TPSA) is 13.1 Å². The van der Waals surface area contributed by atoms with E-state index in [0.29, 0.717) is 5.76 Å². The van der Waals surface area contributed by atoms with E-state index in [1.807, 2.05) is 36.4 Å². The molecule has 0 atom stereocenters. The van der Waals surface area contributed by atoms with Gasteiger partial charge in [0.15, 0.2) is 5.76 Å². The summed E-state index contributed by atoms with van der Waals surface area (Å²) >= 11 is 0. The Labute approximate surface area is 77.0 Å². The first-order chi connectivity index (χ1) is 6.40. The zero-order valence-electron chi connectivity index (χ0n) is 7.03. The minimum Gasteiger partial charge on any atom is -0.455 e. The van der Waals surface area contributed by atoms with Crippen LogP contribution in [0.3, 0.4) is 0 Å². The second kappa shape index (κ2) is 3.20. The Hall–Kier alpha value is -1.94. The largest absolute Gasteiger partial charge is 0.455 e. The molecule has 0 fully saturated rings. The van der Waals surface area contributed by atoms with Crippen molar-refractivity contribution in [2.24, 2.45) is 0 Å². The molecule has 0 aliphatic carbocycles. The fraction of sp³-hybridized carbons (Fsp3) is 0. The lowest BCUT2D eigenvalue weighted by atomic mass is 10.1. The molecule has 62 valence electrons. The summed E-state index contributed by atoms with van der Waals surface area (Å²) in [6.45, 7) is 0. The Morgan fingerprint density at radius 1 is 1.08 bits per heavy atom. The summed E-state index contributed by atoms with van der Waals surface area (Å²) in [5.41, 5.74) is 2.14. The molecule has 2 aromatic rings. The van der Waals surface area contributed by atoms with Crippen LogP contribution in [0.4, 0.5) is 0 Å². The molecule has 0 radical (unpaired) electrons. The minimum atomic E-state index is 0.568. The van der Waals surface area contributed by atoms with Gasteiger partial charge in [-0.05, 0) is 11.5 Å². The predicted octanol–water partition coefficient (Wildman–Crippen LogP) is 2.93. The smallest absolute Gasteiger partial charge is 0.176 e. The van der Waals surface area contributed by atoms with Crippen LogP contribution in [0.15, 0.2) is 47.1 Å². The van der Waals surface area contributed by atoms with Crippen LogP contribution in [-0.2, 0) is 0 Å². The normalized spacial score (nSPS) is 9.46. The standard InChI is InChI=1S/C12H8O/c1-2-12-8-11(9-13-12)10-6-4-3-5-7-10/h1,3-9H. The fourth-order valence-electron chi connectivity index (χ4n) is 1.19. The summed E-state index contributed by atoms with van der Waals surface area (Å²) in [5, 5.41) is 0. The van der Waals surface area contributed by atoms with Crippen LogP contribution in [-0.4, -0.2) is 0 Å². The van der Waals surface area contributed by atoms with Crippen molar-refractivity contribution in [1.82, 2.24) is 0 Å². The maximum absolute atomic E-state index is 5.20. The summed E-state index contributed by atoms with van der Waals surface area (Å²) in [6, 6.07) is 11.8. The Morgan fingerprint density at radius 2 is 1.85 bits per heavy atom. The molecule has 1 heterocycles. The zero-order valence-corrected chi connectivity index (χ0v) is 7.03. The molecule has 0 unspecified atom stereocenters. The van der Waals surface area contributed by atoms with E-state index in [0.717, 1.165) is 11.1 Å². The molecule has 0 aliphatic heterocycles. The van der Waals surface area contributed by atoms with Crippen molar-refractivity contribution in [3.8, 4) is 23.5 Å². The molecule has 0 spiro atoms. The lowest BCUT2D eigenvalue weighted by Gasteiger charge is -1.92. The molecule has 0 saturated heterocycles. The van der Waals surface area contributed by atoms with Crippen LogP contribution in [0.5, 0.6) is 0 Å². The van der Waals surface area contributed by atoms with E-state index in [2.05, 4.69) is 5.92 Å². The summed E-state index contributed by atoms with van der Waals surface area (Å²) in [6.07, 6.45) is 6.87. The third kappa shape index (κ3) is 1.47. The van der Waals surface area contributed by atoms with E-state index < -0.39 is 0 Å². The molecule has 13 heavy (non-hydrogen) atoms. The molecule has 1 aromatic carbocycles. The molecule has 1 aromatic heterocycles. The van der Waals surface area contributed by atoms with E-state index in [1.165, 1.54) is 0 Å². The van der Waals surface area contributed by atoms with Gasteiger partial charge in [0.1, 0.15) is 0 Å². The van der Waals surface area contributed by atoms with Gasteiger partial charge >= 0.3 is 0 Å². The molecule has 0 amide bonds. The van der Waals surface area contributed by atoms with Gasteiger partial charge in [-0.3, -0.25) is 0 Å². The number of terminal acetylenes is 1. The van der Waals surface area contributed by atoms with E-state index in [4.69, 9.17) is 10.8 Å². The first kappa shape index (κ1) is 7.70. The van der Waals surface area contributed by atoms with Crippen LogP contribution in [0.25, 0.3) is 11.1 Å². The first-order valence-corrected chi connectivity index (χ1v) is 4.01. The first-order valence-electron chi connectivity index (χ1n) is 4.01. The summed E-state index contributed by atoms with van der Waals surface area (Å²) < 4.78 is 5.13. The third-order valence-electron chi connectivity index (χ3n) is 1.85. The average molecular weight is 168 g/mol. The summed E-state index contributed by atoms with van der Waals surface area (Å²) in [5.74, 6) is 3.02. The Morgan fingerprint density at radius 3 is 2.46 bits per heavy atom. The lowest BCUT2D eigenvalue weighted by molar-refractivity contribution is 0.555. The number of hydrogen-bond donors (Lipinski definition) is 0. The minimum absolute atomic E-state index is 0.568. The highest BCUT2D eigenvalue weighted by Crippen LogP contribution is 2.20. The molecule has 0 saturated carbocycles. The second-order valence-electron chi connectivity index (χ2n) is 2.71. The average Bonchev–Trinajstić information content (AvgIpc) is 2.67. The van der Waals surface area contributed by atoms with Crippen molar-refractivity contribution in [2.45, 2.75) is 0 Å². The van der Waals surface area contributed by atoms with Crippen molar-refractivity contribution in [3.05, 3.63) is 48.4 Å². The van der Waals surface area contributed by atoms with Gasteiger partial charge in [0.25, 0.3) is 0 Å². The Bertz CT molecular complexity index is 432. The highest BCUT2D eigenvalue weighted by molar-refractivity contribution is 5.63. The van der Waals surface area contributed by atoms with Crippen LogP contribution >= 0.6 is 0 Å². The van der Waals surface area contributed by atoms with Gasteiger partial charge in [-0.25, -0.2) is 0 Å². The van der Waals surface area contributed by atoms with E-state index in [1.54, 1.807) is 6.26 Å². The van der Waals surface area contributed by atoms with Crippen molar-refractivity contribution in [2.75, 3.05) is 0 Å². The molecule has 1 heteroatoms. The maximum Gasteiger partial charge on any atom is 0.176 e. The van der Waals surface area contributed by atoms with E-state index in [9.17, 15) is 0 Å². The van der Waals surface area contributed by atoms with Gasteiger partial charge in [-0.1, -0.05) is 30.3 Å². The Kier molecular flexibility index (Phi) is 1.90. The lowest BCUT2D eigenvalue weighted by Crippen LogP contribution is -1.70. The van der Waals surface area contributed by atoms with Crippen molar-refractivity contribution in [1.29, 1.82) is 0 Å². The molecule has 2 rings (SSSR count). The molecule has 0 bridgehead atoms. The fourth-order valence-corrected chi connectivity index (χ4v) is 1.19. The summed E-state index contributed by atoms with van der Waals surface area (Å²) in [7, 11) is 0. The number of hydrogen-bond acceptors (Lipinski definition) is 1. The quantitative estimate of drug-likeness (QED) is 0.597. The van der Waals surface area contributed by atoms with Crippen LogP contribution in [0.1, 0.15) is 5.76 Å². The highest BCUT2D eigenvalue weighted by Gasteiger charge is 2.00. The zero-order chi connectivity index (χ0) is 9.10. The number of benzene rings is 1. The molecular formula is C12H8O. The molecule has 0 aliphatic rings. The van der Waals surface area contributed by atoms with Gasteiger partial charge in [0.05, 0.1) is 6.26 Å².